The number of carbonyl (C=O) groups excluding carboxylic acids is 1. The molecule has 1 saturated carbocycles. The largest absolute Gasteiger partial charge is 0.497 e. The second-order valence-electron chi connectivity index (χ2n) is 8.88. The molecule has 5 nitrogen and oxygen atoms in total. The number of benzene rings is 1. The molecule has 2 N–H and O–H groups in total. The molecule has 3 fully saturated rings. The molecule has 2 amide bonds. The minimum Gasteiger partial charge on any atom is -0.497 e. The van der Waals surface area contributed by atoms with Crippen molar-refractivity contribution >= 4 is 6.03 Å². The predicted molar refractivity (Wildman–Crippen MR) is 112 cm³/mol. The van der Waals surface area contributed by atoms with Gasteiger partial charge in [0.2, 0.25) is 0 Å². The Balaban J connectivity index is 1.31. The van der Waals surface area contributed by atoms with Crippen molar-refractivity contribution in [3.05, 3.63) is 29.8 Å². The standard InChI is InChI=1S/C23H35N3O2/c1-28-22-12-10-17(11-13-22)16-26-20-8-5-9-21(26)15-19(14-20)25-23(27)24-18-6-3-2-4-7-18/h10-13,18-21H,2-9,14-16H2,1H3,(H2,24,25,27)/t19?,20-,21+. The summed E-state index contributed by atoms with van der Waals surface area (Å²) >= 11 is 0. The number of hydrogen-bond donors (Lipinski definition) is 2. The SMILES string of the molecule is COc1ccc(CN2[C@@H]3CCC[C@H]2CC(NC(=O)NC2CCCCC2)C3)cc1. The van der Waals surface area contributed by atoms with E-state index >= 15 is 0 Å². The van der Waals surface area contributed by atoms with E-state index in [4.69, 9.17) is 4.74 Å². The Bertz CT molecular complexity index is 628. The van der Waals surface area contributed by atoms with Crippen LogP contribution in [0.25, 0.3) is 0 Å². The number of piperidine rings is 2. The van der Waals surface area contributed by atoms with Gasteiger partial charge < -0.3 is 15.4 Å². The second-order valence-corrected chi connectivity index (χ2v) is 8.88. The number of nitrogens with zero attached hydrogens (tertiary/aromatic N) is 1. The summed E-state index contributed by atoms with van der Waals surface area (Å²) in [5.74, 6) is 0.913. The van der Waals surface area contributed by atoms with Gasteiger partial charge in [-0.05, 0) is 56.2 Å². The highest BCUT2D eigenvalue weighted by molar-refractivity contribution is 5.74. The van der Waals surface area contributed by atoms with Crippen LogP contribution in [0.3, 0.4) is 0 Å². The van der Waals surface area contributed by atoms with Crippen molar-refractivity contribution in [3.63, 3.8) is 0 Å². The number of nitrogens with one attached hydrogen (secondary N) is 2. The Morgan fingerprint density at radius 1 is 0.929 bits per heavy atom. The maximum atomic E-state index is 12.5. The Labute approximate surface area is 169 Å². The molecule has 0 spiro atoms. The lowest BCUT2D eigenvalue weighted by atomic mass is 9.81. The minimum absolute atomic E-state index is 0.0542. The molecule has 28 heavy (non-hydrogen) atoms. The van der Waals surface area contributed by atoms with Gasteiger partial charge in [0.05, 0.1) is 7.11 Å². The molecule has 2 aliphatic heterocycles. The lowest BCUT2D eigenvalue weighted by Gasteiger charge is -2.49. The van der Waals surface area contributed by atoms with E-state index in [1.807, 2.05) is 0 Å². The molecular formula is C23H35N3O2. The highest BCUT2D eigenvalue weighted by Gasteiger charge is 2.38. The molecule has 154 valence electrons. The molecule has 1 aliphatic carbocycles. The van der Waals surface area contributed by atoms with Gasteiger partial charge in [-0.15, -0.1) is 0 Å². The molecule has 3 aliphatic rings. The van der Waals surface area contributed by atoms with Crippen molar-refractivity contribution in [1.29, 1.82) is 0 Å². The van der Waals surface area contributed by atoms with Gasteiger partial charge in [0, 0.05) is 30.7 Å². The van der Waals surface area contributed by atoms with Crippen molar-refractivity contribution in [2.24, 2.45) is 0 Å². The third-order valence-corrected chi connectivity index (χ3v) is 6.93. The molecule has 2 saturated heterocycles. The van der Waals surface area contributed by atoms with Crippen LogP contribution in [-0.4, -0.2) is 42.2 Å². The molecule has 1 aromatic rings. The topological polar surface area (TPSA) is 53.6 Å². The first-order valence-corrected chi connectivity index (χ1v) is 11.2. The molecule has 2 heterocycles. The Morgan fingerprint density at radius 2 is 1.57 bits per heavy atom. The highest BCUT2D eigenvalue weighted by atomic mass is 16.5. The zero-order valence-electron chi connectivity index (χ0n) is 17.2. The normalized spacial score (nSPS) is 28.5. The number of methoxy groups -OCH3 is 1. The van der Waals surface area contributed by atoms with Crippen molar-refractivity contribution in [2.75, 3.05) is 7.11 Å². The van der Waals surface area contributed by atoms with E-state index in [9.17, 15) is 4.79 Å². The van der Waals surface area contributed by atoms with Crippen molar-refractivity contribution < 1.29 is 9.53 Å². The lowest BCUT2D eigenvalue weighted by molar-refractivity contribution is 0.0196. The molecular weight excluding hydrogens is 350 g/mol. The van der Waals surface area contributed by atoms with Gasteiger partial charge in [-0.25, -0.2) is 4.79 Å². The maximum absolute atomic E-state index is 12.5. The van der Waals surface area contributed by atoms with Gasteiger partial charge in [0.15, 0.2) is 0 Å². The molecule has 0 aromatic heterocycles. The van der Waals surface area contributed by atoms with E-state index in [1.165, 1.54) is 44.1 Å². The summed E-state index contributed by atoms with van der Waals surface area (Å²) in [4.78, 5) is 15.2. The minimum atomic E-state index is 0.0542. The predicted octanol–water partition coefficient (Wildman–Crippen LogP) is 4.21. The Kier molecular flexibility index (Phi) is 6.40. The Morgan fingerprint density at radius 3 is 2.21 bits per heavy atom. The van der Waals surface area contributed by atoms with Gasteiger partial charge in [-0.3, -0.25) is 4.90 Å². The Hall–Kier alpha value is -1.75. The van der Waals surface area contributed by atoms with Crippen molar-refractivity contribution in [1.82, 2.24) is 15.5 Å². The van der Waals surface area contributed by atoms with Gasteiger partial charge in [-0.2, -0.15) is 0 Å². The third-order valence-electron chi connectivity index (χ3n) is 6.93. The van der Waals surface area contributed by atoms with Crippen LogP contribution in [0.4, 0.5) is 4.79 Å². The zero-order valence-corrected chi connectivity index (χ0v) is 17.2. The van der Waals surface area contributed by atoms with Crippen LogP contribution in [0.15, 0.2) is 24.3 Å². The summed E-state index contributed by atoms with van der Waals surface area (Å²) in [6, 6.07) is 10.4. The molecule has 1 aromatic carbocycles. The molecule has 5 heteroatoms. The highest BCUT2D eigenvalue weighted by Crippen LogP contribution is 2.35. The summed E-state index contributed by atoms with van der Waals surface area (Å²) in [5.41, 5.74) is 1.35. The fourth-order valence-corrected chi connectivity index (χ4v) is 5.46. The molecule has 4 rings (SSSR count). The fourth-order valence-electron chi connectivity index (χ4n) is 5.46. The van der Waals surface area contributed by atoms with Crippen LogP contribution in [0.5, 0.6) is 5.75 Å². The molecule has 1 unspecified atom stereocenters. The molecule has 0 radical (unpaired) electrons. The van der Waals surface area contributed by atoms with E-state index in [0.717, 1.165) is 38.0 Å². The van der Waals surface area contributed by atoms with E-state index in [-0.39, 0.29) is 6.03 Å². The monoisotopic (exact) mass is 385 g/mol. The first-order chi connectivity index (χ1) is 13.7. The number of rotatable bonds is 5. The number of urea groups is 1. The third kappa shape index (κ3) is 4.80. The van der Waals surface area contributed by atoms with E-state index < -0.39 is 0 Å². The van der Waals surface area contributed by atoms with Crippen LogP contribution in [0, 0.1) is 0 Å². The zero-order chi connectivity index (χ0) is 19.3. The molecule has 2 bridgehead atoms. The number of amides is 2. The molecule has 3 atom stereocenters. The van der Waals surface area contributed by atoms with E-state index in [2.05, 4.69) is 39.8 Å². The quantitative estimate of drug-likeness (QED) is 0.798. The number of fused-ring (bicyclic) bond motifs is 2. The van der Waals surface area contributed by atoms with Crippen LogP contribution >= 0.6 is 0 Å². The summed E-state index contributed by atoms with van der Waals surface area (Å²) in [5, 5.41) is 6.52. The summed E-state index contributed by atoms with van der Waals surface area (Å²) in [6.07, 6.45) is 12.0. The fraction of sp³-hybridized carbons (Fsp3) is 0.696. The van der Waals surface area contributed by atoms with E-state index in [1.54, 1.807) is 7.11 Å². The second kappa shape index (κ2) is 9.17. The van der Waals surface area contributed by atoms with Crippen molar-refractivity contribution in [2.45, 2.75) is 94.9 Å². The maximum Gasteiger partial charge on any atom is 0.315 e. The lowest BCUT2D eigenvalue weighted by Crippen LogP contribution is -2.58. The van der Waals surface area contributed by atoms with Crippen LogP contribution in [-0.2, 0) is 6.54 Å². The number of ether oxygens (including phenoxy) is 1. The smallest absolute Gasteiger partial charge is 0.315 e. The van der Waals surface area contributed by atoms with Crippen LogP contribution in [0.2, 0.25) is 0 Å². The summed E-state index contributed by atoms with van der Waals surface area (Å²) < 4.78 is 5.28. The first-order valence-electron chi connectivity index (χ1n) is 11.2. The van der Waals surface area contributed by atoms with Crippen LogP contribution < -0.4 is 15.4 Å². The van der Waals surface area contributed by atoms with Crippen molar-refractivity contribution in [3.8, 4) is 5.75 Å². The number of hydrogen-bond acceptors (Lipinski definition) is 3. The number of carbonyl (C=O) groups is 1. The summed E-state index contributed by atoms with van der Waals surface area (Å²) in [7, 11) is 1.71. The average molecular weight is 386 g/mol. The van der Waals surface area contributed by atoms with Crippen LogP contribution in [0.1, 0.15) is 69.8 Å². The average Bonchev–Trinajstić information content (AvgIpc) is 2.70. The van der Waals surface area contributed by atoms with Gasteiger partial charge >= 0.3 is 6.03 Å². The van der Waals surface area contributed by atoms with E-state index in [0.29, 0.717) is 24.2 Å². The van der Waals surface area contributed by atoms with Gasteiger partial charge in [-0.1, -0.05) is 37.8 Å². The first kappa shape index (κ1) is 19.6. The van der Waals surface area contributed by atoms with Gasteiger partial charge in [0.1, 0.15) is 5.75 Å². The summed E-state index contributed by atoms with van der Waals surface area (Å²) in [6.45, 7) is 1.00. The van der Waals surface area contributed by atoms with Gasteiger partial charge in [0.25, 0.3) is 0 Å².